The summed E-state index contributed by atoms with van der Waals surface area (Å²) < 4.78 is 0. The topological polar surface area (TPSA) is 84.1 Å². The molecule has 0 atom stereocenters. The maximum Gasteiger partial charge on any atom is 0.236 e. The number of hydrogen-bond donors (Lipinski definition) is 2. The summed E-state index contributed by atoms with van der Waals surface area (Å²) in [6.07, 6.45) is 0. The third kappa shape index (κ3) is 3.38. The molecule has 16 heavy (non-hydrogen) atoms. The molecule has 0 aliphatic heterocycles. The SMILES string of the molecule is CCNc1cc(N(C)CC(N)=O)nc(C)n1. The highest BCUT2D eigenvalue weighted by Crippen LogP contribution is 2.13. The zero-order chi connectivity index (χ0) is 12.1. The minimum atomic E-state index is -0.385. The van der Waals surface area contributed by atoms with Gasteiger partial charge in [0.05, 0.1) is 6.54 Å². The van der Waals surface area contributed by atoms with Gasteiger partial charge in [-0.15, -0.1) is 0 Å². The Morgan fingerprint density at radius 3 is 2.81 bits per heavy atom. The van der Waals surface area contributed by atoms with Crippen LogP contribution in [0.15, 0.2) is 6.07 Å². The molecule has 1 aromatic rings. The van der Waals surface area contributed by atoms with Crippen molar-refractivity contribution in [1.82, 2.24) is 9.97 Å². The van der Waals surface area contributed by atoms with Gasteiger partial charge in [0.1, 0.15) is 17.5 Å². The predicted octanol–water partition coefficient (Wildman–Crippen LogP) is 0.138. The molecule has 3 N–H and O–H groups in total. The lowest BCUT2D eigenvalue weighted by molar-refractivity contribution is -0.116. The van der Waals surface area contributed by atoms with Gasteiger partial charge in [0, 0.05) is 19.7 Å². The molecule has 0 aromatic carbocycles. The first-order chi connectivity index (χ1) is 7.52. The lowest BCUT2D eigenvalue weighted by Gasteiger charge is -2.17. The molecule has 0 aliphatic rings. The highest BCUT2D eigenvalue weighted by Gasteiger charge is 2.08. The number of rotatable bonds is 5. The summed E-state index contributed by atoms with van der Waals surface area (Å²) >= 11 is 0. The molecule has 1 aromatic heterocycles. The molecule has 88 valence electrons. The molecular formula is C10H17N5O. The summed E-state index contributed by atoms with van der Waals surface area (Å²) in [6.45, 7) is 4.73. The number of primary amides is 1. The molecule has 0 unspecified atom stereocenters. The fourth-order valence-corrected chi connectivity index (χ4v) is 1.33. The van der Waals surface area contributed by atoms with Gasteiger partial charge in [-0.2, -0.15) is 0 Å². The first kappa shape index (κ1) is 12.2. The van der Waals surface area contributed by atoms with Crippen molar-refractivity contribution in [3.8, 4) is 0 Å². The van der Waals surface area contributed by atoms with Crippen LogP contribution in [0.25, 0.3) is 0 Å². The van der Waals surface area contributed by atoms with Crippen molar-refractivity contribution in [2.75, 3.05) is 30.4 Å². The highest BCUT2D eigenvalue weighted by molar-refractivity contribution is 5.79. The van der Waals surface area contributed by atoms with Crippen LogP contribution in [0, 0.1) is 6.92 Å². The first-order valence-corrected chi connectivity index (χ1v) is 5.12. The predicted molar refractivity (Wildman–Crippen MR) is 63.4 cm³/mol. The number of nitrogens with zero attached hydrogens (tertiary/aromatic N) is 3. The molecule has 6 heteroatoms. The second kappa shape index (κ2) is 5.29. The largest absolute Gasteiger partial charge is 0.370 e. The molecule has 1 rings (SSSR count). The van der Waals surface area contributed by atoms with E-state index in [-0.39, 0.29) is 12.5 Å². The number of amides is 1. The molecule has 0 spiro atoms. The number of carbonyl (C=O) groups is 1. The van der Waals surface area contributed by atoms with E-state index in [0.717, 1.165) is 12.4 Å². The fraction of sp³-hybridized carbons (Fsp3) is 0.500. The molecular weight excluding hydrogens is 206 g/mol. The van der Waals surface area contributed by atoms with Crippen LogP contribution in [-0.4, -0.2) is 36.0 Å². The molecule has 0 radical (unpaired) electrons. The number of anilines is 2. The van der Waals surface area contributed by atoms with Crippen LogP contribution in [-0.2, 0) is 4.79 Å². The van der Waals surface area contributed by atoms with Gasteiger partial charge in [-0.3, -0.25) is 4.79 Å². The second-order valence-electron chi connectivity index (χ2n) is 3.51. The summed E-state index contributed by atoms with van der Waals surface area (Å²) in [5.74, 6) is 1.71. The Morgan fingerprint density at radius 2 is 2.25 bits per heavy atom. The van der Waals surface area contributed by atoms with E-state index < -0.39 is 0 Å². The van der Waals surface area contributed by atoms with Crippen molar-refractivity contribution >= 4 is 17.5 Å². The van der Waals surface area contributed by atoms with Crippen molar-refractivity contribution in [2.24, 2.45) is 5.73 Å². The van der Waals surface area contributed by atoms with E-state index in [0.29, 0.717) is 11.6 Å². The van der Waals surface area contributed by atoms with Gasteiger partial charge in [-0.25, -0.2) is 9.97 Å². The minimum absolute atomic E-state index is 0.141. The average molecular weight is 223 g/mol. The van der Waals surface area contributed by atoms with Gasteiger partial charge in [0.2, 0.25) is 5.91 Å². The fourth-order valence-electron chi connectivity index (χ4n) is 1.33. The second-order valence-corrected chi connectivity index (χ2v) is 3.51. The van der Waals surface area contributed by atoms with Gasteiger partial charge in [-0.05, 0) is 13.8 Å². The number of aryl methyl sites for hydroxylation is 1. The highest BCUT2D eigenvalue weighted by atomic mass is 16.1. The Hall–Kier alpha value is -1.85. The third-order valence-electron chi connectivity index (χ3n) is 1.97. The monoisotopic (exact) mass is 223 g/mol. The lowest BCUT2D eigenvalue weighted by atomic mass is 10.4. The maximum absolute atomic E-state index is 10.8. The van der Waals surface area contributed by atoms with Gasteiger partial charge < -0.3 is 16.0 Å². The van der Waals surface area contributed by atoms with Crippen LogP contribution < -0.4 is 16.0 Å². The summed E-state index contributed by atoms with van der Waals surface area (Å²) in [4.78, 5) is 20.9. The summed E-state index contributed by atoms with van der Waals surface area (Å²) in [6, 6.07) is 1.79. The van der Waals surface area contributed by atoms with Crippen LogP contribution in [0.3, 0.4) is 0 Å². The van der Waals surface area contributed by atoms with Crippen molar-refractivity contribution in [1.29, 1.82) is 0 Å². The molecule has 1 heterocycles. The van der Waals surface area contributed by atoms with Crippen molar-refractivity contribution in [2.45, 2.75) is 13.8 Å². The van der Waals surface area contributed by atoms with Crippen molar-refractivity contribution in [3.05, 3.63) is 11.9 Å². The van der Waals surface area contributed by atoms with Crippen LogP contribution in [0.2, 0.25) is 0 Å². The van der Waals surface area contributed by atoms with Gasteiger partial charge >= 0.3 is 0 Å². The van der Waals surface area contributed by atoms with Crippen molar-refractivity contribution in [3.63, 3.8) is 0 Å². The van der Waals surface area contributed by atoms with E-state index in [9.17, 15) is 4.79 Å². The Balaban J connectivity index is 2.90. The smallest absolute Gasteiger partial charge is 0.236 e. The summed E-state index contributed by atoms with van der Waals surface area (Å²) in [7, 11) is 1.77. The number of likely N-dealkylation sites (N-methyl/N-ethyl adjacent to an activating group) is 1. The number of nitrogens with one attached hydrogen (secondary N) is 1. The Labute approximate surface area is 94.9 Å². The van der Waals surface area contributed by atoms with E-state index >= 15 is 0 Å². The van der Waals surface area contributed by atoms with Crippen LogP contribution in [0.4, 0.5) is 11.6 Å². The van der Waals surface area contributed by atoms with Crippen LogP contribution in [0.1, 0.15) is 12.7 Å². The minimum Gasteiger partial charge on any atom is -0.370 e. The molecule has 0 aliphatic carbocycles. The molecule has 6 nitrogen and oxygen atoms in total. The molecule has 0 bridgehead atoms. The van der Waals surface area contributed by atoms with E-state index in [4.69, 9.17) is 5.73 Å². The third-order valence-corrected chi connectivity index (χ3v) is 1.97. The molecule has 0 saturated carbocycles. The summed E-state index contributed by atoms with van der Waals surface area (Å²) in [5.41, 5.74) is 5.13. The van der Waals surface area contributed by atoms with E-state index in [1.54, 1.807) is 18.0 Å². The van der Waals surface area contributed by atoms with Crippen LogP contribution in [0.5, 0.6) is 0 Å². The normalized spacial score (nSPS) is 9.94. The van der Waals surface area contributed by atoms with E-state index in [1.165, 1.54) is 0 Å². The zero-order valence-corrected chi connectivity index (χ0v) is 9.82. The number of carbonyl (C=O) groups excluding carboxylic acids is 1. The quantitative estimate of drug-likeness (QED) is 0.741. The van der Waals surface area contributed by atoms with E-state index in [1.807, 2.05) is 13.8 Å². The molecule has 0 saturated heterocycles. The summed E-state index contributed by atoms with van der Waals surface area (Å²) in [5, 5.41) is 3.10. The number of aromatic nitrogens is 2. The Kier molecular flexibility index (Phi) is 4.04. The van der Waals surface area contributed by atoms with Gasteiger partial charge in [-0.1, -0.05) is 0 Å². The average Bonchev–Trinajstić information content (AvgIpc) is 2.16. The standard InChI is InChI=1S/C10H17N5O/c1-4-12-9-5-10(14-7(2)13-9)15(3)6-8(11)16/h5H,4,6H2,1-3H3,(H2,11,16)(H,12,13,14). The van der Waals surface area contributed by atoms with Gasteiger partial charge in [0.15, 0.2) is 0 Å². The maximum atomic E-state index is 10.8. The lowest BCUT2D eigenvalue weighted by Crippen LogP contribution is -2.31. The number of hydrogen-bond acceptors (Lipinski definition) is 5. The van der Waals surface area contributed by atoms with Crippen molar-refractivity contribution < 1.29 is 4.79 Å². The molecule has 1 amide bonds. The van der Waals surface area contributed by atoms with E-state index in [2.05, 4.69) is 15.3 Å². The number of nitrogens with two attached hydrogens (primary N) is 1. The Morgan fingerprint density at radius 1 is 1.56 bits per heavy atom. The van der Waals surface area contributed by atoms with Crippen LogP contribution >= 0.6 is 0 Å². The van der Waals surface area contributed by atoms with Gasteiger partial charge in [0.25, 0.3) is 0 Å². The zero-order valence-electron chi connectivity index (χ0n) is 9.82. The molecule has 0 fully saturated rings. The first-order valence-electron chi connectivity index (χ1n) is 5.12. The Bertz CT molecular complexity index is 379.